The monoisotopic (exact) mass is 432 g/mol. The molecule has 0 saturated carbocycles. The molecule has 162 valence electrons. The number of pyridine rings is 1. The summed E-state index contributed by atoms with van der Waals surface area (Å²) in [4.78, 5) is 27.7. The summed E-state index contributed by atoms with van der Waals surface area (Å²) in [5.41, 5.74) is 2.61. The first-order chi connectivity index (χ1) is 15.5. The smallest absolute Gasteiger partial charge is 0.320 e. The van der Waals surface area contributed by atoms with Gasteiger partial charge >= 0.3 is 11.7 Å². The van der Waals surface area contributed by atoms with Crippen molar-refractivity contribution < 1.29 is 19.6 Å². The van der Waals surface area contributed by atoms with Crippen molar-refractivity contribution in [2.75, 3.05) is 6.61 Å². The standard InChI is InChI=1S/C23H20N4O5/c1-2-32-18-12-16(11-17(22(18)28)27(30)31)21-19(14-7-4-3-5-8-14)20(25-23(29)26-21)15-9-6-10-24-13-15/h3-13,21,28H,2H2,1H3,(H2,25,26,29)/t21-/m0/s1. The highest BCUT2D eigenvalue weighted by Gasteiger charge is 2.33. The van der Waals surface area contributed by atoms with E-state index in [1.54, 1.807) is 25.4 Å². The van der Waals surface area contributed by atoms with Crippen LogP contribution in [0.1, 0.15) is 29.7 Å². The number of aromatic hydroxyl groups is 1. The Labute approximate surface area is 183 Å². The van der Waals surface area contributed by atoms with Gasteiger partial charge in [-0.1, -0.05) is 30.3 Å². The summed E-state index contributed by atoms with van der Waals surface area (Å²) in [7, 11) is 0. The number of amides is 2. The molecule has 1 atom stereocenters. The third-order valence-corrected chi connectivity index (χ3v) is 5.01. The summed E-state index contributed by atoms with van der Waals surface area (Å²) in [6.07, 6.45) is 3.26. The Hall–Kier alpha value is -4.40. The molecule has 0 aliphatic carbocycles. The van der Waals surface area contributed by atoms with Crippen LogP contribution in [0.3, 0.4) is 0 Å². The molecule has 0 unspecified atom stereocenters. The van der Waals surface area contributed by atoms with Crippen LogP contribution in [0.4, 0.5) is 10.5 Å². The number of nitrogens with zero attached hydrogens (tertiary/aromatic N) is 2. The fourth-order valence-corrected chi connectivity index (χ4v) is 3.67. The minimum atomic E-state index is -0.750. The first-order valence-electron chi connectivity index (χ1n) is 9.91. The number of nitro benzene ring substituents is 1. The van der Waals surface area contributed by atoms with Gasteiger partial charge in [0.1, 0.15) is 0 Å². The molecule has 1 aliphatic heterocycles. The number of ether oxygens (including phenoxy) is 1. The maximum atomic E-state index is 12.6. The van der Waals surface area contributed by atoms with Crippen LogP contribution in [0, 0.1) is 10.1 Å². The van der Waals surface area contributed by atoms with E-state index >= 15 is 0 Å². The molecule has 2 heterocycles. The van der Waals surface area contributed by atoms with Crippen LogP contribution in [-0.2, 0) is 0 Å². The van der Waals surface area contributed by atoms with Crippen molar-refractivity contribution in [2.24, 2.45) is 0 Å². The second-order valence-electron chi connectivity index (χ2n) is 7.00. The molecule has 32 heavy (non-hydrogen) atoms. The quantitative estimate of drug-likeness (QED) is 0.399. The second kappa shape index (κ2) is 8.76. The minimum Gasteiger partial charge on any atom is -0.500 e. The summed E-state index contributed by atoms with van der Waals surface area (Å²) in [6, 6.07) is 14.5. The predicted octanol–water partition coefficient (Wildman–Crippen LogP) is 4.02. The van der Waals surface area contributed by atoms with Crippen molar-refractivity contribution in [3.05, 3.63) is 93.8 Å². The highest BCUT2D eigenvalue weighted by Crippen LogP contribution is 2.43. The number of nitro groups is 1. The van der Waals surface area contributed by atoms with Crippen LogP contribution in [0.25, 0.3) is 11.3 Å². The van der Waals surface area contributed by atoms with Crippen LogP contribution in [0.5, 0.6) is 11.5 Å². The van der Waals surface area contributed by atoms with Gasteiger partial charge < -0.3 is 20.5 Å². The van der Waals surface area contributed by atoms with Gasteiger partial charge in [-0.3, -0.25) is 15.1 Å². The number of phenolic OH excluding ortho intramolecular Hbond substituents is 1. The number of hydrogen-bond donors (Lipinski definition) is 3. The summed E-state index contributed by atoms with van der Waals surface area (Å²) >= 11 is 0. The maximum absolute atomic E-state index is 12.6. The van der Waals surface area contributed by atoms with E-state index in [4.69, 9.17) is 4.74 Å². The van der Waals surface area contributed by atoms with E-state index in [1.165, 1.54) is 12.1 Å². The van der Waals surface area contributed by atoms with E-state index in [2.05, 4.69) is 15.6 Å². The van der Waals surface area contributed by atoms with Crippen molar-refractivity contribution in [3.63, 3.8) is 0 Å². The number of carbonyl (C=O) groups is 1. The number of phenols is 1. The van der Waals surface area contributed by atoms with Gasteiger partial charge in [0.25, 0.3) is 0 Å². The molecule has 0 bridgehead atoms. The number of urea groups is 1. The molecule has 2 aromatic carbocycles. The minimum absolute atomic E-state index is 0.0279. The maximum Gasteiger partial charge on any atom is 0.320 e. The normalized spacial score (nSPS) is 15.7. The van der Waals surface area contributed by atoms with Gasteiger partial charge in [-0.25, -0.2) is 4.79 Å². The van der Waals surface area contributed by atoms with Crippen LogP contribution < -0.4 is 15.4 Å². The molecule has 1 aliphatic rings. The van der Waals surface area contributed by atoms with Crippen LogP contribution in [0.15, 0.2) is 67.0 Å². The Morgan fingerprint density at radius 2 is 1.91 bits per heavy atom. The summed E-state index contributed by atoms with van der Waals surface area (Å²) in [5, 5.41) is 27.6. The van der Waals surface area contributed by atoms with Gasteiger partial charge in [-0.05, 0) is 36.2 Å². The van der Waals surface area contributed by atoms with E-state index in [0.717, 1.165) is 5.56 Å². The van der Waals surface area contributed by atoms with E-state index in [-0.39, 0.29) is 12.4 Å². The topological polar surface area (TPSA) is 127 Å². The lowest BCUT2D eigenvalue weighted by atomic mass is 9.88. The lowest BCUT2D eigenvalue weighted by Crippen LogP contribution is -2.43. The Balaban J connectivity index is 1.98. The summed E-state index contributed by atoms with van der Waals surface area (Å²) in [6.45, 7) is 1.91. The van der Waals surface area contributed by atoms with Gasteiger partial charge in [0.2, 0.25) is 5.75 Å². The lowest BCUT2D eigenvalue weighted by molar-refractivity contribution is -0.386. The fourth-order valence-electron chi connectivity index (χ4n) is 3.67. The summed E-state index contributed by atoms with van der Waals surface area (Å²) in [5.74, 6) is -0.585. The third-order valence-electron chi connectivity index (χ3n) is 5.01. The average molecular weight is 432 g/mol. The van der Waals surface area contributed by atoms with Crippen LogP contribution in [0.2, 0.25) is 0 Å². The number of aromatic nitrogens is 1. The Bertz CT molecular complexity index is 1200. The molecule has 0 radical (unpaired) electrons. The fraction of sp³-hybridized carbons (Fsp3) is 0.130. The van der Waals surface area contributed by atoms with E-state index in [0.29, 0.717) is 22.4 Å². The molecule has 0 spiro atoms. The molecule has 9 nitrogen and oxygen atoms in total. The number of hydrogen-bond acceptors (Lipinski definition) is 6. The van der Waals surface area contributed by atoms with Crippen molar-refractivity contribution in [3.8, 4) is 11.5 Å². The SMILES string of the molecule is CCOc1cc([C@@H]2NC(=O)NC(c3cccnc3)=C2c2ccccc2)cc([N+](=O)[O-])c1O. The lowest BCUT2D eigenvalue weighted by Gasteiger charge is -2.31. The van der Waals surface area contributed by atoms with E-state index < -0.39 is 28.4 Å². The molecule has 9 heteroatoms. The highest BCUT2D eigenvalue weighted by molar-refractivity contribution is 6.03. The van der Waals surface area contributed by atoms with E-state index in [1.807, 2.05) is 36.4 Å². The first-order valence-corrected chi connectivity index (χ1v) is 9.91. The van der Waals surface area contributed by atoms with Gasteiger partial charge in [-0.15, -0.1) is 0 Å². The van der Waals surface area contributed by atoms with Crippen molar-refractivity contribution in [2.45, 2.75) is 13.0 Å². The van der Waals surface area contributed by atoms with Gasteiger partial charge in [0, 0.05) is 29.6 Å². The predicted molar refractivity (Wildman–Crippen MR) is 118 cm³/mol. The zero-order valence-corrected chi connectivity index (χ0v) is 17.1. The average Bonchev–Trinajstić information content (AvgIpc) is 2.81. The van der Waals surface area contributed by atoms with Gasteiger partial charge in [0.15, 0.2) is 5.75 Å². The Kier molecular flexibility index (Phi) is 5.71. The zero-order chi connectivity index (χ0) is 22.7. The van der Waals surface area contributed by atoms with Crippen molar-refractivity contribution >= 4 is 23.0 Å². The molecular formula is C23H20N4O5. The van der Waals surface area contributed by atoms with Crippen molar-refractivity contribution in [1.82, 2.24) is 15.6 Å². The van der Waals surface area contributed by atoms with Gasteiger partial charge in [-0.2, -0.15) is 0 Å². The zero-order valence-electron chi connectivity index (χ0n) is 17.1. The third kappa shape index (κ3) is 3.95. The Morgan fingerprint density at radius 3 is 2.56 bits per heavy atom. The molecule has 4 rings (SSSR count). The Morgan fingerprint density at radius 1 is 1.16 bits per heavy atom. The number of carbonyl (C=O) groups excluding carboxylic acids is 1. The molecule has 3 N–H and O–H groups in total. The highest BCUT2D eigenvalue weighted by atomic mass is 16.6. The first kappa shape index (κ1) is 20.9. The van der Waals surface area contributed by atoms with Crippen molar-refractivity contribution in [1.29, 1.82) is 0 Å². The molecule has 3 aromatic rings. The number of nitrogens with one attached hydrogen (secondary N) is 2. The molecule has 0 fully saturated rings. The largest absolute Gasteiger partial charge is 0.500 e. The second-order valence-corrected chi connectivity index (χ2v) is 7.00. The number of rotatable bonds is 6. The van der Waals surface area contributed by atoms with Gasteiger partial charge in [0.05, 0.1) is 23.3 Å². The summed E-state index contributed by atoms with van der Waals surface area (Å²) < 4.78 is 5.43. The van der Waals surface area contributed by atoms with E-state index in [9.17, 15) is 20.0 Å². The van der Waals surface area contributed by atoms with Crippen LogP contribution >= 0.6 is 0 Å². The molecular weight excluding hydrogens is 412 g/mol. The number of benzene rings is 2. The molecule has 1 aromatic heterocycles. The molecule has 2 amide bonds. The molecule has 0 saturated heterocycles. The van der Waals surface area contributed by atoms with Crippen LogP contribution in [-0.4, -0.2) is 27.7 Å².